The Labute approximate surface area is 127 Å². The summed E-state index contributed by atoms with van der Waals surface area (Å²) in [5, 5.41) is 0. The lowest BCUT2D eigenvalue weighted by Gasteiger charge is -2.10. The highest BCUT2D eigenvalue weighted by Gasteiger charge is 2.13. The molecule has 0 spiro atoms. The molecule has 0 bridgehead atoms. The second kappa shape index (κ2) is 7.13. The normalized spacial score (nSPS) is 10.2. The molecule has 0 saturated heterocycles. The van der Waals surface area contributed by atoms with Crippen molar-refractivity contribution in [1.82, 2.24) is 0 Å². The first-order valence-corrected chi connectivity index (χ1v) is 7.27. The molecule has 0 aliphatic heterocycles. The number of halogens is 1. The van der Waals surface area contributed by atoms with Gasteiger partial charge >= 0.3 is 0 Å². The van der Waals surface area contributed by atoms with E-state index in [1.54, 1.807) is 18.2 Å². The summed E-state index contributed by atoms with van der Waals surface area (Å²) < 4.78 is 23.9. The lowest BCUT2D eigenvalue weighted by molar-refractivity contribution is 0.102. The molecule has 2 aromatic rings. The van der Waals surface area contributed by atoms with E-state index in [9.17, 15) is 9.18 Å². The third kappa shape index (κ3) is 3.76. The number of hydrogen-bond acceptors (Lipinski definition) is 4. The van der Waals surface area contributed by atoms with Crippen LogP contribution in [0.15, 0.2) is 47.4 Å². The number of Topliss-reactive ketones (excluding diaryl/α,β-unsaturated/α-hetero) is 1. The molecule has 0 unspecified atom stereocenters. The van der Waals surface area contributed by atoms with Crippen LogP contribution in [0.5, 0.6) is 11.5 Å². The van der Waals surface area contributed by atoms with E-state index in [0.29, 0.717) is 16.2 Å². The summed E-state index contributed by atoms with van der Waals surface area (Å²) in [6.07, 6.45) is 0. The fourth-order valence-electron chi connectivity index (χ4n) is 1.83. The minimum Gasteiger partial charge on any atom is -0.493 e. The topological polar surface area (TPSA) is 35.5 Å². The van der Waals surface area contributed by atoms with Crippen LogP contribution in [0.1, 0.15) is 10.4 Å². The van der Waals surface area contributed by atoms with Crippen LogP contribution in [0.3, 0.4) is 0 Å². The Bertz CT molecular complexity index is 629. The molecule has 0 radical (unpaired) electrons. The summed E-state index contributed by atoms with van der Waals surface area (Å²) in [5.41, 5.74) is 0.644. The zero-order valence-electron chi connectivity index (χ0n) is 11.8. The summed E-state index contributed by atoms with van der Waals surface area (Å²) in [7, 11) is 2.83. The van der Waals surface area contributed by atoms with Crippen molar-refractivity contribution in [2.45, 2.75) is 4.90 Å². The van der Waals surface area contributed by atoms with E-state index >= 15 is 0 Å². The first-order valence-electron chi connectivity index (χ1n) is 6.28. The highest BCUT2D eigenvalue weighted by atomic mass is 32.2. The van der Waals surface area contributed by atoms with Crippen LogP contribution in [0, 0.1) is 5.82 Å². The second-order valence-corrected chi connectivity index (χ2v) is 5.27. The van der Waals surface area contributed by atoms with E-state index in [2.05, 4.69) is 0 Å². The van der Waals surface area contributed by atoms with Crippen molar-refractivity contribution in [1.29, 1.82) is 0 Å². The Hall–Kier alpha value is -2.01. The van der Waals surface area contributed by atoms with Crippen molar-refractivity contribution in [2.24, 2.45) is 0 Å². The summed E-state index contributed by atoms with van der Waals surface area (Å²) in [6.45, 7) is 0. The van der Waals surface area contributed by atoms with Gasteiger partial charge in [0.1, 0.15) is 0 Å². The van der Waals surface area contributed by atoms with Crippen molar-refractivity contribution in [3.05, 3.63) is 53.8 Å². The summed E-state index contributed by atoms with van der Waals surface area (Å²) in [4.78, 5) is 12.6. The first kappa shape index (κ1) is 15.4. The summed E-state index contributed by atoms with van der Waals surface area (Å²) >= 11 is 1.26. The first-order chi connectivity index (χ1) is 10.2. The maximum atomic E-state index is 13.8. The van der Waals surface area contributed by atoms with Gasteiger partial charge in [0, 0.05) is 10.5 Å². The molecule has 2 rings (SSSR count). The maximum absolute atomic E-state index is 13.8. The summed E-state index contributed by atoms with van der Waals surface area (Å²) in [6, 6.07) is 12.0. The fraction of sp³-hybridized carbons (Fsp3) is 0.188. The minimum atomic E-state index is -0.508. The van der Waals surface area contributed by atoms with Gasteiger partial charge in [-0.3, -0.25) is 4.79 Å². The monoisotopic (exact) mass is 306 g/mol. The molecule has 5 heteroatoms. The second-order valence-electron chi connectivity index (χ2n) is 4.22. The maximum Gasteiger partial charge on any atom is 0.196 e. The molecule has 0 aliphatic rings. The Morgan fingerprint density at radius 1 is 1.14 bits per heavy atom. The van der Waals surface area contributed by atoms with E-state index in [0.717, 1.165) is 0 Å². The average molecular weight is 306 g/mol. The van der Waals surface area contributed by atoms with Crippen LogP contribution in [0.2, 0.25) is 0 Å². The lowest BCUT2D eigenvalue weighted by Crippen LogP contribution is -2.02. The van der Waals surface area contributed by atoms with Gasteiger partial charge in [-0.1, -0.05) is 30.3 Å². The van der Waals surface area contributed by atoms with Crippen LogP contribution in [-0.2, 0) is 0 Å². The molecular formula is C16H15FO3S. The van der Waals surface area contributed by atoms with Crippen molar-refractivity contribution < 1.29 is 18.7 Å². The number of methoxy groups -OCH3 is 2. The highest BCUT2D eigenvalue weighted by Crippen LogP contribution is 2.35. The van der Waals surface area contributed by atoms with E-state index in [4.69, 9.17) is 9.47 Å². The average Bonchev–Trinajstić information content (AvgIpc) is 2.52. The van der Waals surface area contributed by atoms with Crippen LogP contribution in [0.25, 0.3) is 0 Å². The van der Waals surface area contributed by atoms with E-state index < -0.39 is 5.82 Å². The number of hydrogen-bond donors (Lipinski definition) is 0. The SMILES string of the molecule is COc1cc(SCC(=O)c2ccccc2)cc(F)c1OC. The van der Waals surface area contributed by atoms with Gasteiger partial charge in [-0.05, 0) is 12.1 Å². The molecule has 0 saturated carbocycles. The number of ketones is 1. The number of carbonyl (C=O) groups excluding carboxylic acids is 1. The Morgan fingerprint density at radius 2 is 1.86 bits per heavy atom. The predicted octanol–water partition coefficient (Wildman–Crippen LogP) is 3.82. The van der Waals surface area contributed by atoms with Gasteiger partial charge in [-0.2, -0.15) is 0 Å². The van der Waals surface area contributed by atoms with Gasteiger partial charge in [-0.25, -0.2) is 4.39 Å². The number of rotatable bonds is 6. The molecule has 2 aromatic carbocycles. The molecular weight excluding hydrogens is 291 g/mol. The largest absolute Gasteiger partial charge is 0.493 e. The minimum absolute atomic E-state index is 0.00390. The number of carbonyl (C=O) groups is 1. The molecule has 21 heavy (non-hydrogen) atoms. The van der Waals surface area contributed by atoms with E-state index in [1.165, 1.54) is 32.0 Å². The van der Waals surface area contributed by atoms with Gasteiger partial charge in [0.25, 0.3) is 0 Å². The van der Waals surface area contributed by atoms with E-state index in [1.807, 2.05) is 18.2 Å². The molecule has 110 valence electrons. The molecule has 0 atom stereocenters. The van der Waals surface area contributed by atoms with Crippen LogP contribution < -0.4 is 9.47 Å². The Balaban J connectivity index is 2.10. The fourth-order valence-corrected chi connectivity index (χ4v) is 2.68. The van der Waals surface area contributed by atoms with Gasteiger partial charge in [-0.15, -0.1) is 11.8 Å². The zero-order chi connectivity index (χ0) is 15.2. The Kier molecular flexibility index (Phi) is 5.22. The lowest BCUT2D eigenvalue weighted by atomic mass is 10.2. The van der Waals surface area contributed by atoms with Gasteiger partial charge in [0.2, 0.25) is 0 Å². The molecule has 3 nitrogen and oxygen atoms in total. The molecule has 0 heterocycles. The summed E-state index contributed by atoms with van der Waals surface area (Å²) in [5.74, 6) is 0.101. The van der Waals surface area contributed by atoms with Crippen molar-refractivity contribution in [2.75, 3.05) is 20.0 Å². The molecule has 0 aliphatic carbocycles. The quantitative estimate of drug-likeness (QED) is 0.600. The molecule has 0 fully saturated rings. The van der Waals surface area contributed by atoms with E-state index in [-0.39, 0.29) is 17.3 Å². The van der Waals surface area contributed by atoms with Crippen LogP contribution >= 0.6 is 11.8 Å². The smallest absolute Gasteiger partial charge is 0.196 e. The molecule has 0 amide bonds. The van der Waals surface area contributed by atoms with Crippen molar-refractivity contribution in [3.63, 3.8) is 0 Å². The van der Waals surface area contributed by atoms with Gasteiger partial charge in [0.15, 0.2) is 23.1 Å². The zero-order valence-corrected chi connectivity index (χ0v) is 12.6. The standard InChI is InChI=1S/C16H15FO3S/c1-19-15-9-12(8-13(17)16(15)20-2)21-10-14(18)11-6-4-3-5-7-11/h3-9H,10H2,1-2H3. The van der Waals surface area contributed by atoms with Crippen molar-refractivity contribution >= 4 is 17.5 Å². The number of ether oxygens (including phenoxy) is 2. The number of benzene rings is 2. The van der Waals surface area contributed by atoms with Gasteiger partial charge < -0.3 is 9.47 Å². The number of thioether (sulfide) groups is 1. The Morgan fingerprint density at radius 3 is 2.48 bits per heavy atom. The molecule has 0 aromatic heterocycles. The third-order valence-electron chi connectivity index (χ3n) is 2.87. The van der Waals surface area contributed by atoms with Crippen LogP contribution in [-0.4, -0.2) is 25.8 Å². The highest BCUT2D eigenvalue weighted by molar-refractivity contribution is 8.00. The molecule has 0 N–H and O–H groups in total. The third-order valence-corrected chi connectivity index (χ3v) is 3.85. The predicted molar refractivity (Wildman–Crippen MR) is 81.0 cm³/mol. The van der Waals surface area contributed by atoms with Crippen molar-refractivity contribution in [3.8, 4) is 11.5 Å². The van der Waals surface area contributed by atoms with Gasteiger partial charge in [0.05, 0.1) is 20.0 Å². The van der Waals surface area contributed by atoms with Crippen LogP contribution in [0.4, 0.5) is 4.39 Å².